The highest BCUT2D eigenvalue weighted by Crippen LogP contribution is 2.30. The first kappa shape index (κ1) is 17.4. The number of methoxy groups -OCH3 is 2. The number of benzene rings is 1. The third-order valence-electron chi connectivity index (χ3n) is 3.62. The highest BCUT2D eigenvalue weighted by molar-refractivity contribution is 7.20. The topological polar surface area (TPSA) is 57.7 Å². The molecule has 0 saturated carbocycles. The summed E-state index contributed by atoms with van der Waals surface area (Å²) in [7, 11) is 3.11. The highest BCUT2D eigenvalue weighted by atomic mass is 32.1. The van der Waals surface area contributed by atoms with E-state index in [0.29, 0.717) is 17.1 Å². The summed E-state index contributed by atoms with van der Waals surface area (Å²) in [6.07, 6.45) is 0. The Morgan fingerprint density at radius 1 is 1.16 bits per heavy atom. The van der Waals surface area contributed by atoms with Gasteiger partial charge in [-0.25, -0.2) is 9.78 Å². The molecule has 0 atom stereocenters. The van der Waals surface area contributed by atoms with Crippen LogP contribution < -0.4 is 9.47 Å². The zero-order chi connectivity index (χ0) is 17.8. The van der Waals surface area contributed by atoms with Gasteiger partial charge in [0.2, 0.25) is 0 Å². The molecule has 3 aromatic rings. The maximum Gasteiger partial charge on any atom is 0.338 e. The molecule has 2 aromatic heterocycles. The molecule has 0 amide bonds. The molecule has 130 valence electrons. The Labute approximate surface area is 153 Å². The van der Waals surface area contributed by atoms with Crippen molar-refractivity contribution in [2.24, 2.45) is 0 Å². The van der Waals surface area contributed by atoms with E-state index < -0.39 is 5.97 Å². The predicted molar refractivity (Wildman–Crippen MR) is 98.8 cm³/mol. The molecular weight excluding hydrogens is 358 g/mol. The van der Waals surface area contributed by atoms with Gasteiger partial charge in [-0.15, -0.1) is 22.7 Å². The Morgan fingerprint density at radius 3 is 2.48 bits per heavy atom. The Bertz CT molecular complexity index is 846. The molecule has 7 heteroatoms. The van der Waals surface area contributed by atoms with Crippen molar-refractivity contribution in [3.05, 3.63) is 51.8 Å². The van der Waals surface area contributed by atoms with Gasteiger partial charge in [-0.1, -0.05) is 6.07 Å². The molecule has 0 bridgehead atoms. The van der Waals surface area contributed by atoms with Gasteiger partial charge in [-0.05, 0) is 30.5 Å². The van der Waals surface area contributed by atoms with E-state index in [2.05, 4.69) is 4.98 Å². The van der Waals surface area contributed by atoms with E-state index >= 15 is 0 Å². The van der Waals surface area contributed by atoms with Crippen molar-refractivity contribution >= 4 is 28.6 Å². The molecule has 5 nitrogen and oxygen atoms in total. The molecule has 3 rings (SSSR count). The average Bonchev–Trinajstić information content (AvgIpc) is 3.31. The first-order chi connectivity index (χ1) is 12.1. The molecule has 0 aliphatic carbocycles. The van der Waals surface area contributed by atoms with Crippen LogP contribution in [0, 0.1) is 6.92 Å². The summed E-state index contributed by atoms with van der Waals surface area (Å²) in [5, 5.41) is 4.84. The van der Waals surface area contributed by atoms with Crippen LogP contribution in [0.1, 0.15) is 21.6 Å². The van der Waals surface area contributed by atoms with E-state index in [1.54, 1.807) is 37.7 Å². The number of hydrogen-bond donors (Lipinski definition) is 0. The van der Waals surface area contributed by atoms with Crippen LogP contribution in [0.2, 0.25) is 0 Å². The molecule has 0 fully saturated rings. The average molecular weight is 375 g/mol. The van der Waals surface area contributed by atoms with E-state index in [9.17, 15) is 4.79 Å². The minimum absolute atomic E-state index is 0.124. The van der Waals surface area contributed by atoms with Crippen molar-refractivity contribution in [2.45, 2.75) is 13.5 Å². The lowest BCUT2D eigenvalue weighted by molar-refractivity contribution is 0.0467. The Hall–Kier alpha value is -2.38. The molecular formula is C18H17NO4S2. The number of carbonyl (C=O) groups excluding carboxylic acids is 1. The molecule has 0 radical (unpaired) electrons. The van der Waals surface area contributed by atoms with Gasteiger partial charge in [0.1, 0.15) is 23.1 Å². The van der Waals surface area contributed by atoms with Crippen LogP contribution in [0.15, 0.2) is 35.0 Å². The monoisotopic (exact) mass is 375 g/mol. The molecule has 0 unspecified atom stereocenters. The number of rotatable bonds is 6. The number of hydrogen-bond acceptors (Lipinski definition) is 7. The van der Waals surface area contributed by atoms with Gasteiger partial charge in [0, 0.05) is 10.9 Å². The zero-order valence-corrected chi connectivity index (χ0v) is 15.7. The maximum atomic E-state index is 12.3. The number of thiazole rings is 1. The lowest BCUT2D eigenvalue weighted by Crippen LogP contribution is -2.07. The van der Waals surface area contributed by atoms with Crippen LogP contribution in [0.4, 0.5) is 0 Å². The number of aromatic nitrogens is 1. The molecule has 0 N–H and O–H groups in total. The van der Waals surface area contributed by atoms with Crippen LogP contribution in [-0.4, -0.2) is 25.2 Å². The van der Waals surface area contributed by atoms with Crippen molar-refractivity contribution in [3.63, 3.8) is 0 Å². The van der Waals surface area contributed by atoms with Crippen LogP contribution in [0.5, 0.6) is 11.5 Å². The standard InChI is InChI=1S/C18H17NO4S2/c1-11-14(21-2)7-12(8-15(11)22-3)18(20)23-9-13-10-25-17(19-13)16-5-4-6-24-16/h4-8,10H,9H2,1-3H3. The summed E-state index contributed by atoms with van der Waals surface area (Å²) in [5.41, 5.74) is 1.95. The normalized spacial score (nSPS) is 10.5. The second-order valence-electron chi connectivity index (χ2n) is 5.20. The summed E-state index contributed by atoms with van der Waals surface area (Å²) < 4.78 is 16.0. The van der Waals surface area contributed by atoms with Crippen molar-refractivity contribution < 1.29 is 19.0 Å². The summed E-state index contributed by atoms with van der Waals surface area (Å²) in [6.45, 7) is 1.99. The highest BCUT2D eigenvalue weighted by Gasteiger charge is 2.15. The molecule has 0 aliphatic rings. The zero-order valence-electron chi connectivity index (χ0n) is 14.1. The van der Waals surface area contributed by atoms with E-state index in [4.69, 9.17) is 14.2 Å². The van der Waals surface area contributed by atoms with Crippen LogP contribution in [0.3, 0.4) is 0 Å². The van der Waals surface area contributed by atoms with Crippen molar-refractivity contribution in [3.8, 4) is 21.4 Å². The SMILES string of the molecule is COc1cc(C(=O)OCc2csc(-c3cccs3)n2)cc(OC)c1C. The van der Waals surface area contributed by atoms with Gasteiger partial charge in [-0.3, -0.25) is 0 Å². The maximum absolute atomic E-state index is 12.3. The molecule has 0 saturated heterocycles. The van der Waals surface area contributed by atoms with E-state index in [0.717, 1.165) is 21.1 Å². The number of thiophene rings is 1. The third kappa shape index (κ3) is 3.83. The molecule has 1 aromatic carbocycles. The minimum atomic E-state index is -0.442. The first-order valence-electron chi connectivity index (χ1n) is 7.50. The lowest BCUT2D eigenvalue weighted by atomic mass is 10.1. The van der Waals surface area contributed by atoms with Crippen LogP contribution in [-0.2, 0) is 11.3 Å². The van der Waals surface area contributed by atoms with Gasteiger partial charge in [-0.2, -0.15) is 0 Å². The predicted octanol–water partition coefficient (Wildman–Crippen LogP) is 4.55. The van der Waals surface area contributed by atoms with Crippen LogP contribution >= 0.6 is 22.7 Å². The Balaban J connectivity index is 1.71. The molecule has 2 heterocycles. The number of ether oxygens (including phenoxy) is 3. The smallest absolute Gasteiger partial charge is 0.338 e. The van der Waals surface area contributed by atoms with Gasteiger partial charge in [0.05, 0.1) is 30.4 Å². The van der Waals surface area contributed by atoms with Crippen molar-refractivity contribution in [2.75, 3.05) is 14.2 Å². The lowest BCUT2D eigenvalue weighted by Gasteiger charge is -2.12. The summed E-state index contributed by atoms with van der Waals surface area (Å²) in [6, 6.07) is 7.31. The Morgan fingerprint density at radius 2 is 1.88 bits per heavy atom. The number of esters is 1. The van der Waals surface area contributed by atoms with E-state index in [-0.39, 0.29) is 6.61 Å². The van der Waals surface area contributed by atoms with E-state index in [1.807, 2.05) is 29.8 Å². The van der Waals surface area contributed by atoms with Gasteiger partial charge < -0.3 is 14.2 Å². The van der Waals surface area contributed by atoms with Gasteiger partial charge in [0.25, 0.3) is 0 Å². The summed E-state index contributed by atoms with van der Waals surface area (Å²) in [5.74, 6) is 0.724. The quantitative estimate of drug-likeness (QED) is 0.592. The Kier molecular flexibility index (Phi) is 5.35. The third-order valence-corrected chi connectivity index (χ3v) is 5.55. The minimum Gasteiger partial charge on any atom is -0.496 e. The molecule has 0 aliphatic heterocycles. The second kappa shape index (κ2) is 7.67. The van der Waals surface area contributed by atoms with Crippen molar-refractivity contribution in [1.29, 1.82) is 0 Å². The fourth-order valence-electron chi connectivity index (χ4n) is 2.31. The van der Waals surface area contributed by atoms with Crippen molar-refractivity contribution in [1.82, 2.24) is 4.98 Å². The molecule has 0 spiro atoms. The van der Waals surface area contributed by atoms with Crippen LogP contribution in [0.25, 0.3) is 9.88 Å². The fourth-order valence-corrected chi connectivity index (χ4v) is 3.93. The first-order valence-corrected chi connectivity index (χ1v) is 9.26. The summed E-state index contributed by atoms with van der Waals surface area (Å²) >= 11 is 3.17. The second-order valence-corrected chi connectivity index (χ2v) is 7.01. The number of nitrogens with zero attached hydrogens (tertiary/aromatic N) is 1. The van der Waals surface area contributed by atoms with E-state index in [1.165, 1.54) is 11.3 Å². The molecule has 25 heavy (non-hydrogen) atoms. The number of carbonyl (C=O) groups is 1. The van der Waals surface area contributed by atoms with Gasteiger partial charge in [0.15, 0.2) is 0 Å². The van der Waals surface area contributed by atoms with Gasteiger partial charge >= 0.3 is 5.97 Å². The fraction of sp³-hybridized carbons (Fsp3) is 0.222. The summed E-state index contributed by atoms with van der Waals surface area (Å²) in [4.78, 5) is 18.0. The largest absolute Gasteiger partial charge is 0.496 e.